The molecule has 0 saturated carbocycles. The Balaban J connectivity index is 2.11. The molecule has 0 saturated heterocycles. The molecule has 3 aromatic rings. The number of rotatable bonds is 2. The molecule has 100 valence electrons. The average molecular weight is 370 g/mol. The summed E-state index contributed by atoms with van der Waals surface area (Å²) in [4.78, 5) is 4.03. The van der Waals surface area contributed by atoms with E-state index >= 15 is 0 Å². The Morgan fingerprint density at radius 3 is 2.50 bits per heavy atom. The molecule has 2 aromatic carbocycles. The van der Waals surface area contributed by atoms with E-state index in [2.05, 4.69) is 36.4 Å². The fourth-order valence-electron chi connectivity index (χ4n) is 1.87. The van der Waals surface area contributed by atoms with Crippen molar-refractivity contribution < 1.29 is 0 Å². The summed E-state index contributed by atoms with van der Waals surface area (Å²) in [6.07, 6.45) is 0. The molecule has 0 amide bonds. The topological polar surface area (TPSA) is 50.7 Å². The van der Waals surface area contributed by atoms with E-state index in [-0.39, 0.29) is 10.4 Å². The fourth-order valence-corrected chi connectivity index (χ4v) is 2.60. The van der Waals surface area contributed by atoms with E-state index in [0.29, 0.717) is 5.82 Å². The minimum atomic E-state index is 0.0401. The number of nitrogens with zero attached hydrogens (tertiary/aromatic N) is 3. The molecule has 0 radical (unpaired) electrons. The van der Waals surface area contributed by atoms with Gasteiger partial charge in [0.15, 0.2) is 11.0 Å². The molecular weight excluding hydrogens is 363 g/mol. The van der Waals surface area contributed by atoms with Crippen LogP contribution in [0.5, 0.6) is 0 Å². The molecular formula is C13H7BrCl2N4. The third kappa shape index (κ3) is 2.57. The maximum absolute atomic E-state index is 5.96. The Morgan fingerprint density at radius 1 is 0.950 bits per heavy atom. The molecule has 0 bridgehead atoms. The zero-order chi connectivity index (χ0) is 14.1. The molecule has 0 spiro atoms. The molecule has 0 atom stereocenters. The minimum absolute atomic E-state index is 0.0401. The van der Waals surface area contributed by atoms with Gasteiger partial charge in [0.2, 0.25) is 5.28 Å². The molecule has 20 heavy (non-hydrogen) atoms. The molecule has 0 aliphatic rings. The molecule has 1 N–H and O–H groups in total. The first-order chi connectivity index (χ1) is 9.65. The average Bonchev–Trinajstić information content (AvgIpc) is 2.46. The zero-order valence-electron chi connectivity index (χ0n) is 9.94. The van der Waals surface area contributed by atoms with Gasteiger partial charge in [-0.05, 0) is 29.1 Å². The van der Waals surface area contributed by atoms with Crippen LogP contribution in [0.3, 0.4) is 0 Å². The van der Waals surface area contributed by atoms with Gasteiger partial charge in [0.1, 0.15) is 0 Å². The smallest absolute Gasteiger partial charge is 0.245 e. The van der Waals surface area contributed by atoms with Crippen molar-refractivity contribution in [3.63, 3.8) is 0 Å². The summed E-state index contributed by atoms with van der Waals surface area (Å²) in [7, 11) is 0. The Labute approximate surface area is 133 Å². The van der Waals surface area contributed by atoms with Crippen LogP contribution >= 0.6 is 39.1 Å². The second-order valence-corrected chi connectivity index (χ2v) is 5.54. The molecule has 0 aliphatic heterocycles. The van der Waals surface area contributed by atoms with Gasteiger partial charge < -0.3 is 5.32 Å². The van der Waals surface area contributed by atoms with E-state index in [0.717, 1.165) is 20.9 Å². The summed E-state index contributed by atoms with van der Waals surface area (Å²) in [5.74, 6) is 0.374. The van der Waals surface area contributed by atoms with E-state index in [9.17, 15) is 0 Å². The number of nitrogens with one attached hydrogen (secondary N) is 1. The van der Waals surface area contributed by atoms with E-state index in [4.69, 9.17) is 23.2 Å². The summed E-state index contributed by atoms with van der Waals surface area (Å²) in [5, 5.41) is 12.8. The van der Waals surface area contributed by atoms with Crippen molar-refractivity contribution in [2.45, 2.75) is 0 Å². The van der Waals surface area contributed by atoms with Crippen molar-refractivity contribution in [2.24, 2.45) is 0 Å². The van der Waals surface area contributed by atoms with Crippen LogP contribution in [0.25, 0.3) is 10.8 Å². The van der Waals surface area contributed by atoms with Gasteiger partial charge in [0.25, 0.3) is 0 Å². The first-order valence-corrected chi connectivity index (χ1v) is 7.20. The molecule has 0 fully saturated rings. The summed E-state index contributed by atoms with van der Waals surface area (Å²) in [6.45, 7) is 0. The first kappa shape index (κ1) is 13.5. The van der Waals surface area contributed by atoms with Gasteiger partial charge in [-0.3, -0.25) is 0 Å². The van der Waals surface area contributed by atoms with Crippen molar-refractivity contribution in [1.29, 1.82) is 0 Å². The predicted molar refractivity (Wildman–Crippen MR) is 84.8 cm³/mol. The summed E-state index contributed by atoms with van der Waals surface area (Å²) in [5.41, 5.74) is 0.863. The van der Waals surface area contributed by atoms with Crippen molar-refractivity contribution >= 4 is 61.4 Å². The van der Waals surface area contributed by atoms with Crippen LogP contribution in [0.4, 0.5) is 11.5 Å². The molecule has 0 aliphatic carbocycles. The van der Waals surface area contributed by atoms with Crippen LogP contribution in [-0.4, -0.2) is 15.2 Å². The lowest BCUT2D eigenvalue weighted by Crippen LogP contribution is -1.99. The predicted octanol–water partition coefficient (Wildman–Crippen LogP) is 4.84. The van der Waals surface area contributed by atoms with Gasteiger partial charge in [-0.1, -0.05) is 51.8 Å². The van der Waals surface area contributed by atoms with Crippen LogP contribution in [0, 0.1) is 0 Å². The van der Waals surface area contributed by atoms with Crippen LogP contribution in [0.1, 0.15) is 0 Å². The van der Waals surface area contributed by atoms with Gasteiger partial charge in [-0.25, -0.2) is 0 Å². The van der Waals surface area contributed by atoms with Gasteiger partial charge >= 0.3 is 0 Å². The zero-order valence-corrected chi connectivity index (χ0v) is 13.0. The highest BCUT2D eigenvalue weighted by atomic mass is 79.9. The summed E-state index contributed by atoms with van der Waals surface area (Å²) in [6, 6.07) is 11.9. The summed E-state index contributed by atoms with van der Waals surface area (Å²) < 4.78 is 1.02. The third-order valence-electron chi connectivity index (χ3n) is 2.74. The Morgan fingerprint density at radius 2 is 1.70 bits per heavy atom. The Bertz CT molecular complexity index is 794. The highest BCUT2D eigenvalue weighted by Crippen LogP contribution is 2.32. The second-order valence-electron chi connectivity index (χ2n) is 3.99. The van der Waals surface area contributed by atoms with Crippen molar-refractivity contribution in [1.82, 2.24) is 15.2 Å². The quantitative estimate of drug-likeness (QED) is 0.702. The standard InChI is InChI=1S/C13H7BrCl2N4/c14-9-5-6-10(8-4-2-1-3-7(8)9)17-12-11(15)19-20-13(16)18-12/h1-6H,(H,17,18,20). The lowest BCUT2D eigenvalue weighted by Gasteiger charge is -2.10. The lowest BCUT2D eigenvalue weighted by molar-refractivity contribution is 0.975. The number of hydrogen-bond acceptors (Lipinski definition) is 4. The molecule has 3 rings (SSSR count). The van der Waals surface area contributed by atoms with Crippen LogP contribution in [-0.2, 0) is 0 Å². The Kier molecular flexibility index (Phi) is 3.74. The first-order valence-electron chi connectivity index (χ1n) is 5.65. The van der Waals surface area contributed by atoms with Crippen LogP contribution in [0.15, 0.2) is 40.9 Å². The molecule has 4 nitrogen and oxygen atoms in total. The lowest BCUT2D eigenvalue weighted by atomic mass is 10.1. The SMILES string of the molecule is Clc1nnc(Cl)c(Nc2ccc(Br)c3ccccc23)n1. The highest BCUT2D eigenvalue weighted by molar-refractivity contribution is 9.10. The number of fused-ring (bicyclic) bond motifs is 1. The van der Waals surface area contributed by atoms with Gasteiger partial charge in [0.05, 0.1) is 0 Å². The van der Waals surface area contributed by atoms with Gasteiger partial charge in [-0.15, -0.1) is 10.2 Å². The number of benzene rings is 2. The van der Waals surface area contributed by atoms with Crippen LogP contribution < -0.4 is 5.32 Å². The monoisotopic (exact) mass is 368 g/mol. The maximum atomic E-state index is 5.96. The molecule has 1 aromatic heterocycles. The molecule has 7 heteroatoms. The number of aromatic nitrogens is 3. The van der Waals surface area contributed by atoms with E-state index in [1.807, 2.05) is 36.4 Å². The van der Waals surface area contributed by atoms with E-state index in [1.165, 1.54) is 0 Å². The summed E-state index contributed by atoms with van der Waals surface area (Å²) >= 11 is 15.2. The minimum Gasteiger partial charge on any atom is -0.337 e. The third-order valence-corrected chi connectivity index (χ3v) is 3.85. The van der Waals surface area contributed by atoms with Gasteiger partial charge in [-0.2, -0.15) is 4.98 Å². The van der Waals surface area contributed by atoms with Crippen LogP contribution in [0.2, 0.25) is 10.4 Å². The van der Waals surface area contributed by atoms with E-state index in [1.54, 1.807) is 0 Å². The van der Waals surface area contributed by atoms with E-state index < -0.39 is 0 Å². The Hall–Kier alpha value is -1.43. The highest BCUT2D eigenvalue weighted by Gasteiger charge is 2.09. The number of anilines is 2. The molecule has 0 unspecified atom stereocenters. The van der Waals surface area contributed by atoms with Crippen molar-refractivity contribution in [3.05, 3.63) is 51.3 Å². The van der Waals surface area contributed by atoms with Crippen molar-refractivity contribution in [2.75, 3.05) is 5.32 Å². The van der Waals surface area contributed by atoms with Gasteiger partial charge in [0, 0.05) is 15.5 Å². The number of halogens is 3. The largest absolute Gasteiger partial charge is 0.337 e. The van der Waals surface area contributed by atoms with Crippen molar-refractivity contribution in [3.8, 4) is 0 Å². The second kappa shape index (κ2) is 5.52. The number of hydrogen-bond donors (Lipinski definition) is 1. The fraction of sp³-hybridized carbons (Fsp3) is 0. The maximum Gasteiger partial charge on any atom is 0.245 e. The normalized spacial score (nSPS) is 10.8. The molecule has 1 heterocycles.